The molecule has 1 aromatic carbocycles. The molecule has 0 unspecified atom stereocenters. The molecule has 6 heteroatoms. The number of phenols is 1. The van der Waals surface area contributed by atoms with Gasteiger partial charge in [0, 0.05) is 0 Å². The van der Waals surface area contributed by atoms with E-state index in [1.807, 2.05) is 0 Å². The Morgan fingerprint density at radius 1 is 1.29 bits per heavy atom. The van der Waals surface area contributed by atoms with Crippen molar-refractivity contribution in [2.45, 2.75) is 6.18 Å². The number of aromatic hydroxyl groups is 1. The molecule has 0 radical (unpaired) electrons. The van der Waals surface area contributed by atoms with Gasteiger partial charge in [0.25, 0.3) is 0 Å². The lowest BCUT2D eigenvalue weighted by molar-refractivity contribution is -0.140. The van der Waals surface area contributed by atoms with Crippen molar-refractivity contribution in [3.8, 4) is 5.75 Å². The Hall–Kier alpha value is -1.59. The van der Waals surface area contributed by atoms with Crippen LogP contribution in [-0.2, 0) is 6.18 Å². The van der Waals surface area contributed by atoms with Crippen LogP contribution in [0, 0.1) is 5.82 Å². The van der Waals surface area contributed by atoms with Gasteiger partial charge in [0.2, 0.25) is 0 Å². The van der Waals surface area contributed by atoms with Gasteiger partial charge in [-0.2, -0.15) is 13.2 Å². The fourth-order valence-electron chi connectivity index (χ4n) is 0.889. The van der Waals surface area contributed by atoms with Crippen molar-refractivity contribution in [1.29, 1.82) is 0 Å². The fourth-order valence-corrected chi connectivity index (χ4v) is 0.889. The van der Waals surface area contributed by atoms with Gasteiger partial charge in [-0.1, -0.05) is 0 Å². The molecule has 0 spiro atoms. The van der Waals surface area contributed by atoms with Gasteiger partial charge in [-0.25, -0.2) is 4.39 Å². The summed E-state index contributed by atoms with van der Waals surface area (Å²) in [4.78, 5) is 10.1. The smallest absolute Gasteiger partial charge is 0.419 e. The summed E-state index contributed by atoms with van der Waals surface area (Å²) >= 11 is 0. The molecule has 0 aromatic heterocycles. The summed E-state index contributed by atoms with van der Waals surface area (Å²) in [5.41, 5.74) is -2.11. The van der Waals surface area contributed by atoms with E-state index in [9.17, 15) is 22.4 Å². The monoisotopic (exact) mass is 208 g/mol. The van der Waals surface area contributed by atoms with Gasteiger partial charge in [0.05, 0.1) is 11.1 Å². The van der Waals surface area contributed by atoms with Gasteiger partial charge < -0.3 is 5.11 Å². The molecule has 0 aliphatic heterocycles. The highest BCUT2D eigenvalue weighted by molar-refractivity contribution is 5.79. The number of carbonyl (C=O) groups is 1. The van der Waals surface area contributed by atoms with Crippen LogP contribution in [0.3, 0.4) is 0 Å². The van der Waals surface area contributed by atoms with Crippen LogP contribution >= 0.6 is 0 Å². The van der Waals surface area contributed by atoms with Gasteiger partial charge in [-0.3, -0.25) is 4.79 Å². The normalized spacial score (nSPS) is 11.4. The van der Waals surface area contributed by atoms with E-state index in [0.717, 1.165) is 0 Å². The first-order chi connectivity index (χ1) is 6.36. The van der Waals surface area contributed by atoms with Gasteiger partial charge in [0.15, 0.2) is 6.29 Å². The molecule has 14 heavy (non-hydrogen) atoms. The molecule has 0 saturated carbocycles. The summed E-state index contributed by atoms with van der Waals surface area (Å²) < 4.78 is 48.8. The Bertz CT molecular complexity index is 370. The van der Waals surface area contributed by atoms with E-state index in [1.54, 1.807) is 0 Å². The molecule has 1 aromatic rings. The maximum Gasteiger partial charge on any atom is 0.419 e. The maximum atomic E-state index is 12.7. The largest absolute Gasteiger partial charge is 0.507 e. The minimum Gasteiger partial charge on any atom is -0.507 e. The van der Waals surface area contributed by atoms with E-state index in [2.05, 4.69) is 0 Å². The van der Waals surface area contributed by atoms with Gasteiger partial charge in [-0.05, 0) is 12.1 Å². The van der Waals surface area contributed by atoms with Crippen LogP contribution in [0.25, 0.3) is 0 Å². The molecular formula is C8H4F4O2. The number of hydrogen-bond donors (Lipinski definition) is 1. The van der Waals surface area contributed by atoms with E-state index in [0.29, 0.717) is 6.07 Å². The van der Waals surface area contributed by atoms with E-state index < -0.39 is 28.9 Å². The van der Waals surface area contributed by atoms with Crippen LogP contribution in [0.4, 0.5) is 17.6 Å². The van der Waals surface area contributed by atoms with E-state index in [1.165, 1.54) is 0 Å². The highest BCUT2D eigenvalue weighted by Crippen LogP contribution is 2.34. The molecule has 0 bridgehead atoms. The highest BCUT2D eigenvalue weighted by Gasteiger charge is 2.34. The van der Waals surface area contributed by atoms with Crippen molar-refractivity contribution in [2.24, 2.45) is 0 Å². The SMILES string of the molecule is O=Cc1cc(F)c(C(F)(F)F)cc1O. The summed E-state index contributed by atoms with van der Waals surface area (Å²) in [5, 5.41) is 8.88. The van der Waals surface area contributed by atoms with Gasteiger partial charge >= 0.3 is 6.18 Å². The summed E-state index contributed by atoms with van der Waals surface area (Å²) in [6, 6.07) is 0.518. The average molecular weight is 208 g/mol. The molecule has 0 aliphatic carbocycles. The second-order valence-corrected chi connectivity index (χ2v) is 2.51. The molecule has 0 aliphatic rings. The minimum atomic E-state index is -4.89. The molecule has 76 valence electrons. The number of benzene rings is 1. The van der Waals surface area contributed by atoms with Crippen molar-refractivity contribution < 1.29 is 27.5 Å². The van der Waals surface area contributed by atoms with E-state index >= 15 is 0 Å². The number of aldehydes is 1. The van der Waals surface area contributed by atoms with Crippen molar-refractivity contribution in [3.05, 3.63) is 29.1 Å². The summed E-state index contributed by atoms with van der Waals surface area (Å²) in [6.07, 6.45) is -4.82. The quantitative estimate of drug-likeness (QED) is 0.568. The van der Waals surface area contributed by atoms with Crippen LogP contribution in [0.15, 0.2) is 12.1 Å². The number of alkyl halides is 3. The van der Waals surface area contributed by atoms with Crippen LogP contribution < -0.4 is 0 Å². The Morgan fingerprint density at radius 3 is 2.29 bits per heavy atom. The Balaban J connectivity index is 3.36. The third-order valence-corrected chi connectivity index (χ3v) is 1.55. The first-order valence-corrected chi connectivity index (χ1v) is 3.41. The fraction of sp³-hybridized carbons (Fsp3) is 0.125. The Morgan fingerprint density at radius 2 is 1.86 bits per heavy atom. The molecule has 0 saturated heterocycles. The average Bonchev–Trinajstić information content (AvgIpc) is 2.06. The van der Waals surface area contributed by atoms with Crippen molar-refractivity contribution in [1.82, 2.24) is 0 Å². The van der Waals surface area contributed by atoms with Crippen LogP contribution in [-0.4, -0.2) is 11.4 Å². The Labute approximate surface area is 75.8 Å². The second kappa shape index (κ2) is 3.28. The number of hydrogen-bond acceptors (Lipinski definition) is 2. The molecule has 0 fully saturated rings. The lowest BCUT2D eigenvalue weighted by Gasteiger charge is -2.08. The zero-order chi connectivity index (χ0) is 10.9. The van der Waals surface area contributed by atoms with Crippen molar-refractivity contribution in [2.75, 3.05) is 0 Å². The molecule has 0 atom stereocenters. The summed E-state index contributed by atoms with van der Waals surface area (Å²) in [5.74, 6) is -2.48. The minimum absolute atomic E-state index is 0.0680. The number of rotatable bonds is 1. The number of phenolic OH excluding ortho intramolecular Hbond substituents is 1. The summed E-state index contributed by atoms with van der Waals surface area (Å²) in [7, 11) is 0. The highest BCUT2D eigenvalue weighted by atomic mass is 19.4. The van der Waals surface area contributed by atoms with Crippen LogP contribution in [0.1, 0.15) is 15.9 Å². The predicted molar refractivity (Wildman–Crippen MR) is 38.5 cm³/mol. The van der Waals surface area contributed by atoms with Crippen LogP contribution in [0.5, 0.6) is 5.75 Å². The van der Waals surface area contributed by atoms with Crippen molar-refractivity contribution >= 4 is 6.29 Å². The van der Waals surface area contributed by atoms with Gasteiger partial charge in [0.1, 0.15) is 11.6 Å². The molecular weight excluding hydrogens is 204 g/mol. The second-order valence-electron chi connectivity index (χ2n) is 2.51. The molecule has 0 amide bonds. The van der Waals surface area contributed by atoms with Crippen molar-refractivity contribution in [3.63, 3.8) is 0 Å². The maximum absolute atomic E-state index is 12.7. The first-order valence-electron chi connectivity index (χ1n) is 3.41. The zero-order valence-corrected chi connectivity index (χ0v) is 6.60. The molecule has 2 nitrogen and oxygen atoms in total. The molecule has 0 heterocycles. The van der Waals surface area contributed by atoms with E-state index in [4.69, 9.17) is 5.11 Å². The number of carbonyl (C=O) groups excluding carboxylic acids is 1. The van der Waals surface area contributed by atoms with Gasteiger partial charge in [-0.15, -0.1) is 0 Å². The molecule has 1 rings (SSSR count). The number of halogens is 4. The third-order valence-electron chi connectivity index (χ3n) is 1.55. The first kappa shape index (κ1) is 10.5. The standard InChI is InChI=1S/C8H4F4O2/c9-6-1-4(3-13)7(14)2-5(6)8(10,11)12/h1-3,14H. The lowest BCUT2D eigenvalue weighted by atomic mass is 10.1. The van der Waals surface area contributed by atoms with E-state index in [-0.39, 0.29) is 12.4 Å². The lowest BCUT2D eigenvalue weighted by Crippen LogP contribution is -2.08. The summed E-state index contributed by atoms with van der Waals surface area (Å²) in [6.45, 7) is 0. The van der Waals surface area contributed by atoms with Crippen LogP contribution in [0.2, 0.25) is 0 Å². The topological polar surface area (TPSA) is 37.3 Å². The molecule has 1 N–H and O–H groups in total. The predicted octanol–water partition coefficient (Wildman–Crippen LogP) is 2.36. The zero-order valence-electron chi connectivity index (χ0n) is 6.60. The Kier molecular flexibility index (Phi) is 2.46. The third kappa shape index (κ3) is 1.84.